The predicted molar refractivity (Wildman–Crippen MR) is 39.7 cm³/mol. The smallest absolute Gasteiger partial charge is 0.164 e. The fourth-order valence-corrected chi connectivity index (χ4v) is 1.13. The molecule has 0 aliphatic carbocycles. The van der Waals surface area contributed by atoms with E-state index in [0.29, 0.717) is 5.52 Å². The summed E-state index contributed by atoms with van der Waals surface area (Å²) in [6.45, 7) is 0. The minimum Gasteiger partial charge on any atom is -0.504 e. The average molecular weight is 170 g/mol. The van der Waals surface area contributed by atoms with E-state index in [0.717, 1.165) is 0 Å². The largest absolute Gasteiger partial charge is 0.504 e. The Balaban J connectivity index is 2.96. The Morgan fingerprint density at radius 2 is 2.36 bits per heavy atom. The second-order valence-electron chi connectivity index (χ2n) is 2.04. The van der Waals surface area contributed by atoms with Crippen LogP contribution in [-0.2, 0) is 0 Å². The van der Waals surface area contributed by atoms with Gasteiger partial charge in [-0.2, -0.15) is 5.10 Å². The van der Waals surface area contributed by atoms with E-state index in [1.54, 1.807) is 6.20 Å². The van der Waals surface area contributed by atoms with E-state index in [4.69, 9.17) is 11.6 Å². The normalized spacial score (nSPS) is 10.6. The van der Waals surface area contributed by atoms with Crippen molar-refractivity contribution in [1.82, 2.24) is 14.6 Å². The lowest BCUT2D eigenvalue weighted by atomic mass is 10.5. The Morgan fingerprint density at radius 1 is 1.55 bits per heavy atom. The van der Waals surface area contributed by atoms with E-state index >= 15 is 0 Å². The van der Waals surface area contributed by atoms with Gasteiger partial charge in [-0.3, -0.25) is 0 Å². The number of aromatic nitrogens is 3. The fourth-order valence-electron chi connectivity index (χ4n) is 0.889. The molecule has 0 saturated heterocycles. The third-order valence-electron chi connectivity index (χ3n) is 1.37. The molecule has 2 aromatic heterocycles. The summed E-state index contributed by atoms with van der Waals surface area (Å²) in [6.07, 6.45) is 4.45. The van der Waals surface area contributed by atoms with Gasteiger partial charge in [-0.15, -0.1) is 0 Å². The molecule has 0 saturated carbocycles. The first-order valence-corrected chi connectivity index (χ1v) is 3.33. The Bertz CT molecular complexity index is 398. The molecule has 0 spiro atoms. The van der Waals surface area contributed by atoms with Crippen molar-refractivity contribution in [2.45, 2.75) is 0 Å². The van der Waals surface area contributed by atoms with Gasteiger partial charge in [0, 0.05) is 12.4 Å². The Hall–Kier alpha value is -1.29. The molecule has 1 N–H and O–H groups in total. The van der Waals surface area contributed by atoms with Crippen LogP contribution in [0.2, 0.25) is 5.15 Å². The van der Waals surface area contributed by atoms with Gasteiger partial charge in [0.15, 0.2) is 10.9 Å². The first-order chi connectivity index (χ1) is 5.29. The molecule has 0 unspecified atom stereocenters. The predicted octanol–water partition coefficient (Wildman–Crippen LogP) is 1.09. The SMILES string of the molecule is Oc1cnn2ccnc(Cl)c12. The van der Waals surface area contributed by atoms with E-state index in [1.165, 1.54) is 16.9 Å². The van der Waals surface area contributed by atoms with Gasteiger partial charge < -0.3 is 5.11 Å². The number of aromatic hydroxyl groups is 1. The summed E-state index contributed by atoms with van der Waals surface area (Å²) in [7, 11) is 0. The molecule has 5 heteroatoms. The van der Waals surface area contributed by atoms with Crippen LogP contribution < -0.4 is 0 Å². The highest BCUT2D eigenvalue weighted by Crippen LogP contribution is 2.22. The van der Waals surface area contributed by atoms with Crippen molar-refractivity contribution >= 4 is 17.1 Å². The summed E-state index contributed by atoms with van der Waals surface area (Å²) in [6, 6.07) is 0. The summed E-state index contributed by atoms with van der Waals surface area (Å²) < 4.78 is 1.46. The fraction of sp³-hybridized carbons (Fsp3) is 0. The van der Waals surface area contributed by atoms with Gasteiger partial charge in [-0.1, -0.05) is 11.6 Å². The van der Waals surface area contributed by atoms with Crippen LogP contribution in [0.4, 0.5) is 0 Å². The topological polar surface area (TPSA) is 50.4 Å². The number of rotatable bonds is 0. The summed E-state index contributed by atoms with van der Waals surface area (Å²) in [5.74, 6) is 0.0445. The lowest BCUT2D eigenvalue weighted by Crippen LogP contribution is -1.87. The van der Waals surface area contributed by atoms with Crippen molar-refractivity contribution in [1.29, 1.82) is 0 Å². The summed E-state index contributed by atoms with van der Waals surface area (Å²) in [4.78, 5) is 3.78. The maximum atomic E-state index is 9.18. The number of hydrogen-bond acceptors (Lipinski definition) is 3. The van der Waals surface area contributed by atoms with Crippen molar-refractivity contribution in [2.24, 2.45) is 0 Å². The monoisotopic (exact) mass is 169 g/mol. The van der Waals surface area contributed by atoms with E-state index in [9.17, 15) is 5.11 Å². The van der Waals surface area contributed by atoms with Crippen LogP contribution in [0.25, 0.3) is 5.52 Å². The molecule has 0 bridgehead atoms. The lowest BCUT2D eigenvalue weighted by Gasteiger charge is -1.92. The van der Waals surface area contributed by atoms with Crippen molar-refractivity contribution in [3.05, 3.63) is 23.7 Å². The molecule has 0 fully saturated rings. The van der Waals surface area contributed by atoms with Crippen LogP contribution in [0, 0.1) is 0 Å². The quantitative estimate of drug-likeness (QED) is 0.642. The first-order valence-electron chi connectivity index (χ1n) is 2.96. The number of halogens is 1. The van der Waals surface area contributed by atoms with Crippen LogP contribution in [-0.4, -0.2) is 19.7 Å². The second-order valence-corrected chi connectivity index (χ2v) is 2.40. The molecule has 2 rings (SSSR count). The van der Waals surface area contributed by atoms with Gasteiger partial charge >= 0.3 is 0 Å². The van der Waals surface area contributed by atoms with Gasteiger partial charge in [0.1, 0.15) is 5.52 Å². The van der Waals surface area contributed by atoms with E-state index in [1.807, 2.05) is 0 Å². The molecule has 0 amide bonds. The molecule has 11 heavy (non-hydrogen) atoms. The molecule has 0 atom stereocenters. The standard InChI is InChI=1S/C6H4ClN3O/c7-6-5-4(11)3-9-10(5)2-1-8-6/h1-3,11H. The number of hydrogen-bond donors (Lipinski definition) is 1. The highest BCUT2D eigenvalue weighted by Gasteiger charge is 2.05. The third-order valence-corrected chi connectivity index (χ3v) is 1.64. The number of fused-ring (bicyclic) bond motifs is 1. The zero-order chi connectivity index (χ0) is 7.84. The highest BCUT2D eigenvalue weighted by atomic mass is 35.5. The molecule has 2 aromatic rings. The van der Waals surface area contributed by atoms with Gasteiger partial charge in [-0.05, 0) is 0 Å². The van der Waals surface area contributed by atoms with Crippen molar-refractivity contribution in [2.75, 3.05) is 0 Å². The van der Waals surface area contributed by atoms with Crippen molar-refractivity contribution < 1.29 is 5.11 Å². The molecule has 56 valence electrons. The van der Waals surface area contributed by atoms with Gasteiger partial charge in [0.2, 0.25) is 0 Å². The van der Waals surface area contributed by atoms with Crippen LogP contribution in [0.5, 0.6) is 5.75 Å². The van der Waals surface area contributed by atoms with Crippen LogP contribution in [0.1, 0.15) is 0 Å². The third kappa shape index (κ3) is 0.832. The summed E-state index contributed by atoms with van der Waals surface area (Å²) in [5, 5.41) is 13.3. The van der Waals surface area contributed by atoms with Crippen LogP contribution in [0.15, 0.2) is 18.6 Å². The molecule has 0 aromatic carbocycles. The maximum Gasteiger partial charge on any atom is 0.164 e. The van der Waals surface area contributed by atoms with Gasteiger partial charge in [-0.25, -0.2) is 9.50 Å². The van der Waals surface area contributed by atoms with Gasteiger partial charge in [0.25, 0.3) is 0 Å². The minimum atomic E-state index is 0.0445. The zero-order valence-electron chi connectivity index (χ0n) is 5.40. The van der Waals surface area contributed by atoms with Crippen LogP contribution >= 0.6 is 11.6 Å². The molecule has 0 aliphatic heterocycles. The Kier molecular flexibility index (Phi) is 1.22. The maximum absolute atomic E-state index is 9.18. The summed E-state index contributed by atoms with van der Waals surface area (Å²) in [5.41, 5.74) is 0.439. The molecule has 0 aliphatic rings. The van der Waals surface area contributed by atoms with E-state index in [2.05, 4.69) is 10.1 Å². The van der Waals surface area contributed by atoms with E-state index < -0.39 is 0 Å². The van der Waals surface area contributed by atoms with Crippen LogP contribution in [0.3, 0.4) is 0 Å². The van der Waals surface area contributed by atoms with E-state index in [-0.39, 0.29) is 10.9 Å². The zero-order valence-corrected chi connectivity index (χ0v) is 6.15. The first kappa shape index (κ1) is 6.42. The minimum absolute atomic E-state index is 0.0445. The molecule has 0 radical (unpaired) electrons. The Labute approximate surface area is 67.1 Å². The molecular formula is C6H4ClN3O. The average Bonchev–Trinajstić information content (AvgIpc) is 2.34. The second kappa shape index (κ2) is 2.10. The Morgan fingerprint density at radius 3 is 3.09 bits per heavy atom. The molecule has 2 heterocycles. The van der Waals surface area contributed by atoms with Crippen molar-refractivity contribution in [3.8, 4) is 5.75 Å². The number of nitrogens with zero attached hydrogens (tertiary/aromatic N) is 3. The molecule has 4 nitrogen and oxygen atoms in total. The molecular weight excluding hydrogens is 166 g/mol. The van der Waals surface area contributed by atoms with Gasteiger partial charge in [0.05, 0.1) is 6.20 Å². The van der Waals surface area contributed by atoms with Crippen molar-refractivity contribution in [3.63, 3.8) is 0 Å². The summed E-state index contributed by atoms with van der Waals surface area (Å²) >= 11 is 5.67. The lowest BCUT2D eigenvalue weighted by molar-refractivity contribution is 0.481. The highest BCUT2D eigenvalue weighted by molar-refractivity contribution is 6.32.